The van der Waals surface area contributed by atoms with Gasteiger partial charge in [0.25, 0.3) is 0 Å². The monoisotopic (exact) mass is 1330 g/mol. The van der Waals surface area contributed by atoms with Gasteiger partial charge in [0.05, 0.1) is 26.4 Å². The van der Waals surface area contributed by atoms with Crippen LogP contribution in [0.5, 0.6) is 0 Å². The van der Waals surface area contributed by atoms with Gasteiger partial charge in [0.15, 0.2) is 62.3 Å². The predicted molar refractivity (Wildman–Crippen MR) is 273 cm³/mol. The molecule has 3 amide bonds. The number of carbonyl (C=O) groups is 6. The second-order valence-corrected chi connectivity index (χ2v) is 22.2. The Labute approximate surface area is 512 Å². The van der Waals surface area contributed by atoms with Crippen LogP contribution in [-0.2, 0) is 95.1 Å². The van der Waals surface area contributed by atoms with Crippen molar-refractivity contribution in [2.45, 2.75) is 236 Å². The van der Waals surface area contributed by atoms with Gasteiger partial charge >= 0.3 is 17.9 Å². The summed E-state index contributed by atoms with van der Waals surface area (Å²) in [6, 6.07) is -5.54. The lowest BCUT2D eigenvalue weighted by molar-refractivity contribution is -0.361. The van der Waals surface area contributed by atoms with E-state index in [2.05, 4.69) is 16.0 Å². The van der Waals surface area contributed by atoms with Crippen LogP contribution in [0.1, 0.15) is 20.8 Å². The topological polar surface area (TPSA) is 652 Å². The quantitative estimate of drug-likeness (QED) is 0.0452. The molecular formula is C49H77N3O39. The highest BCUT2D eigenvalue weighted by Crippen LogP contribution is 2.36. The third kappa shape index (κ3) is 16.5. The fourth-order valence-electron chi connectivity index (χ4n) is 11.0. The molecule has 7 aliphatic rings. The Balaban J connectivity index is 1.03. The molecule has 522 valence electrons. The molecule has 0 aromatic carbocycles. The molecule has 0 saturated carbocycles. The van der Waals surface area contributed by atoms with Crippen LogP contribution in [0.3, 0.4) is 0 Å². The number of aliphatic hydroxyl groups excluding tert-OH is 16. The molecule has 0 aliphatic carbocycles. The Kier molecular flexibility index (Phi) is 25.6. The number of methoxy groups -OCH3 is 1. The molecule has 35 atom stereocenters. The molecule has 91 heavy (non-hydrogen) atoms. The van der Waals surface area contributed by atoms with E-state index in [0.717, 1.165) is 27.9 Å². The summed E-state index contributed by atoms with van der Waals surface area (Å²) in [5.41, 5.74) is 0. The van der Waals surface area contributed by atoms with Crippen molar-refractivity contribution in [1.29, 1.82) is 0 Å². The highest BCUT2D eigenvalue weighted by molar-refractivity contribution is 5.76. The molecule has 42 nitrogen and oxygen atoms in total. The summed E-state index contributed by atoms with van der Waals surface area (Å²) in [6.45, 7) is -0.990. The lowest BCUT2D eigenvalue weighted by atomic mass is 9.94. The van der Waals surface area contributed by atoms with Crippen LogP contribution in [0.2, 0.25) is 0 Å². The zero-order valence-electron chi connectivity index (χ0n) is 48.2. The molecule has 0 spiro atoms. The standard InChI is InChI=1S/C49H77N3O39/c1-9(54)50-16-23(61)34(86-47-31(69)26(64)19(57)12(5-53)82-47)37(40(72)73)89-44(16)80-7-14-21(59)28(66)33(71)49(84-14)88-36-25(63)18(52-11(3)56)45(91-39(36)42(76)77)81-8-15-22(60)29(67)32(70)48(85-15)87-35-24(62)17(51-10(2)55)43(90-38(35)41(74)75)79-6-13-20(58)27(65)30(68)46(78-4)83-13/h12-39,43-49,53,57-71H,5-8H2,1-4H3,(H,50,54)(H,51,55)(H,52,56)(H,72,73)(H,74,75)(H,76,77)/t12-,13-,14-,15-,16+,17+,18+,19-,20-,21-,22-,23-,24-,25-,26+,27+,28+,29+,30-,31-,32-,33-,34+,35+,36+,37+,38+,39+,43-,44-,45-,46+,47-,48-,49-/m1/s1. The van der Waals surface area contributed by atoms with Crippen LogP contribution in [0, 0.1) is 0 Å². The molecule has 7 rings (SSSR count). The number of carboxylic acids is 3. The van der Waals surface area contributed by atoms with Crippen molar-refractivity contribution in [3.8, 4) is 0 Å². The van der Waals surface area contributed by atoms with Crippen LogP contribution in [-0.4, -0.2) is 381 Å². The summed E-state index contributed by atoms with van der Waals surface area (Å²) in [5.74, 6) is -8.45. The van der Waals surface area contributed by atoms with Gasteiger partial charge in [-0.25, -0.2) is 14.4 Å². The van der Waals surface area contributed by atoms with Crippen molar-refractivity contribution in [1.82, 2.24) is 16.0 Å². The molecular weight excluding hydrogens is 1250 g/mol. The van der Waals surface area contributed by atoms with Crippen molar-refractivity contribution in [2.24, 2.45) is 0 Å². The molecule has 0 aromatic heterocycles. The van der Waals surface area contributed by atoms with Gasteiger partial charge in [-0.2, -0.15) is 0 Å². The molecule has 7 fully saturated rings. The molecule has 7 heterocycles. The largest absolute Gasteiger partial charge is 0.479 e. The first-order valence-corrected chi connectivity index (χ1v) is 28.0. The number of hydrogen-bond donors (Lipinski definition) is 22. The molecule has 0 aromatic rings. The third-order valence-electron chi connectivity index (χ3n) is 15.8. The maximum Gasteiger partial charge on any atom is 0.335 e. The van der Waals surface area contributed by atoms with E-state index in [0.29, 0.717) is 0 Å². The van der Waals surface area contributed by atoms with Crippen molar-refractivity contribution in [2.75, 3.05) is 33.5 Å². The van der Waals surface area contributed by atoms with Crippen LogP contribution >= 0.6 is 0 Å². The summed E-state index contributed by atoms with van der Waals surface area (Å²) in [6.07, 6.45) is -66.4. The number of aliphatic carboxylic acids is 3. The molecule has 7 aliphatic heterocycles. The zero-order chi connectivity index (χ0) is 67.5. The summed E-state index contributed by atoms with van der Waals surface area (Å²) < 4.78 is 77.6. The number of hydrogen-bond acceptors (Lipinski definition) is 36. The zero-order valence-corrected chi connectivity index (χ0v) is 48.2. The van der Waals surface area contributed by atoms with Crippen LogP contribution in [0.4, 0.5) is 0 Å². The van der Waals surface area contributed by atoms with E-state index in [9.17, 15) is 126 Å². The van der Waals surface area contributed by atoms with Gasteiger partial charge in [-0.1, -0.05) is 0 Å². The second-order valence-electron chi connectivity index (χ2n) is 22.2. The number of carboxylic acid groups (broad SMARTS) is 3. The number of amides is 3. The average Bonchev–Trinajstić information content (AvgIpc) is 0.914. The van der Waals surface area contributed by atoms with Gasteiger partial charge in [0.1, 0.15) is 152 Å². The number of aliphatic hydroxyl groups is 16. The van der Waals surface area contributed by atoms with Gasteiger partial charge in [0, 0.05) is 27.9 Å². The van der Waals surface area contributed by atoms with E-state index < -0.39 is 277 Å². The molecule has 0 radical (unpaired) electrons. The van der Waals surface area contributed by atoms with Crippen molar-refractivity contribution >= 4 is 35.6 Å². The second kappa shape index (κ2) is 31.5. The van der Waals surface area contributed by atoms with Crippen LogP contribution in [0.15, 0.2) is 0 Å². The molecule has 22 N–H and O–H groups in total. The van der Waals surface area contributed by atoms with E-state index in [1.54, 1.807) is 0 Å². The SMILES string of the molecule is CO[C@H]1O[C@H](CO[C@@H]2O[C@H](C(=O)O)[C@@H](O[C@H]3O[C@H](CO[C@@H]4O[C@H](C(=O)O)[C@@H](O[C@H]5O[C@H](CO[C@@H]6O[C@H](C(=O)O)[C@@H](O[C@H]7O[C@H](CO)[C@@H](O)[C@H](O)[C@H]7O)[C@H](O)[C@@H]6NC(C)=O)[C@@H](O)[C@H](O)[C@H]5O)[C@H](O)[C@@H]4NC(C)=O)[C@@H](O)[C@H](O)[C@H]3O)[C@H](O)[C@@H]2NC(C)=O)[C@@H](O)[C@H](O)[C@H]1O. The lowest BCUT2D eigenvalue weighted by Gasteiger charge is -2.48. The van der Waals surface area contributed by atoms with Crippen molar-refractivity contribution < 1.29 is 192 Å². The van der Waals surface area contributed by atoms with Crippen molar-refractivity contribution in [3.63, 3.8) is 0 Å². The lowest BCUT2D eigenvalue weighted by Crippen LogP contribution is -2.69. The van der Waals surface area contributed by atoms with E-state index in [-0.39, 0.29) is 0 Å². The number of rotatable bonds is 23. The maximum absolute atomic E-state index is 12.9. The average molecular weight is 1330 g/mol. The van der Waals surface area contributed by atoms with E-state index in [1.807, 2.05) is 0 Å². The fraction of sp³-hybridized carbons (Fsp3) is 0.878. The number of nitrogens with one attached hydrogen (secondary N) is 3. The van der Waals surface area contributed by atoms with Gasteiger partial charge in [0.2, 0.25) is 17.7 Å². The molecule has 7 saturated heterocycles. The van der Waals surface area contributed by atoms with Gasteiger partial charge < -0.3 is 179 Å². The highest BCUT2D eigenvalue weighted by atomic mass is 16.8. The minimum Gasteiger partial charge on any atom is -0.479 e. The number of carbonyl (C=O) groups excluding carboxylic acids is 3. The normalized spacial score (nSPS) is 47.1. The van der Waals surface area contributed by atoms with E-state index in [4.69, 9.17) is 66.3 Å². The summed E-state index contributed by atoms with van der Waals surface area (Å²) in [4.78, 5) is 75.5. The third-order valence-corrected chi connectivity index (χ3v) is 15.8. The predicted octanol–water partition coefficient (Wildman–Crippen LogP) is -14.9. The first-order chi connectivity index (χ1) is 42.7. The first-order valence-electron chi connectivity index (χ1n) is 28.0. The Morgan fingerprint density at radius 1 is 0.330 bits per heavy atom. The van der Waals surface area contributed by atoms with Crippen LogP contribution < -0.4 is 16.0 Å². The Morgan fingerprint density at radius 2 is 0.571 bits per heavy atom. The van der Waals surface area contributed by atoms with Gasteiger partial charge in [-0.15, -0.1) is 0 Å². The molecule has 42 heteroatoms. The minimum atomic E-state index is -2.44. The Hall–Kier alpha value is -4.38. The van der Waals surface area contributed by atoms with Gasteiger partial charge in [-0.3, -0.25) is 14.4 Å². The Bertz CT molecular complexity index is 2460. The van der Waals surface area contributed by atoms with Gasteiger partial charge in [-0.05, 0) is 0 Å². The summed E-state index contributed by atoms with van der Waals surface area (Å²) in [5, 5.41) is 210. The summed E-state index contributed by atoms with van der Waals surface area (Å²) >= 11 is 0. The molecule has 0 bridgehead atoms. The fourth-order valence-corrected chi connectivity index (χ4v) is 11.0. The molecule has 0 unspecified atom stereocenters. The maximum atomic E-state index is 12.9. The first kappa shape index (κ1) is 74.0. The minimum absolute atomic E-state index is 0.763. The van der Waals surface area contributed by atoms with E-state index in [1.165, 1.54) is 0 Å². The highest BCUT2D eigenvalue weighted by Gasteiger charge is 2.59. The number of ether oxygens (including phenoxy) is 14. The smallest absolute Gasteiger partial charge is 0.335 e. The van der Waals surface area contributed by atoms with E-state index >= 15 is 0 Å². The Morgan fingerprint density at radius 3 is 0.813 bits per heavy atom. The van der Waals surface area contributed by atoms with Crippen LogP contribution in [0.25, 0.3) is 0 Å². The van der Waals surface area contributed by atoms with Crippen molar-refractivity contribution in [3.05, 3.63) is 0 Å². The summed E-state index contributed by atoms with van der Waals surface area (Å²) in [7, 11) is 1.11.